The van der Waals surface area contributed by atoms with E-state index in [0.29, 0.717) is 16.4 Å². The third-order valence-corrected chi connectivity index (χ3v) is 4.30. The van der Waals surface area contributed by atoms with Crippen LogP contribution >= 0.6 is 12.2 Å². The summed E-state index contributed by atoms with van der Waals surface area (Å²) in [6, 6.07) is 0. The first kappa shape index (κ1) is 12.7. The molecule has 6 nitrogen and oxygen atoms in total. The zero-order valence-corrected chi connectivity index (χ0v) is 12.5. The maximum Gasteiger partial charge on any atom is 0.261 e. The summed E-state index contributed by atoms with van der Waals surface area (Å²) in [4.78, 5) is 11.9. The van der Waals surface area contributed by atoms with Gasteiger partial charge in [0.1, 0.15) is 5.52 Å². The van der Waals surface area contributed by atoms with Gasteiger partial charge < -0.3 is 14.1 Å². The van der Waals surface area contributed by atoms with Crippen LogP contribution in [0.1, 0.15) is 30.8 Å². The molecule has 0 saturated carbocycles. The van der Waals surface area contributed by atoms with Gasteiger partial charge in [0.05, 0.1) is 17.4 Å². The van der Waals surface area contributed by atoms with Crippen molar-refractivity contribution in [1.29, 1.82) is 0 Å². The molecule has 1 aliphatic rings. The van der Waals surface area contributed by atoms with Crippen LogP contribution in [0.4, 0.5) is 0 Å². The molecule has 0 unspecified atom stereocenters. The maximum absolute atomic E-state index is 5.43. The number of nitrogens with zero attached hydrogens (tertiary/aromatic N) is 4. The molecule has 0 fully saturated rings. The van der Waals surface area contributed by atoms with Gasteiger partial charge in [0.2, 0.25) is 0 Å². The minimum Gasteiger partial charge on any atom is -0.344 e. The molecule has 7 heteroatoms. The molecule has 0 aliphatic carbocycles. The third-order valence-electron chi connectivity index (χ3n) is 4.00. The van der Waals surface area contributed by atoms with E-state index in [4.69, 9.17) is 16.7 Å². The minimum atomic E-state index is 0.560. The van der Waals surface area contributed by atoms with Gasteiger partial charge in [-0.05, 0) is 26.2 Å². The normalized spacial score (nSPS) is 15.1. The SMILES string of the molecule is Cc1noc(-c2c3n(c4c(=S)nc[nH]c24)CCCCC3)n1. The van der Waals surface area contributed by atoms with Crippen LogP contribution in [0.25, 0.3) is 22.5 Å². The van der Waals surface area contributed by atoms with Crippen LogP contribution in [0.15, 0.2) is 10.9 Å². The molecule has 0 atom stereocenters. The van der Waals surface area contributed by atoms with Gasteiger partial charge in [-0.1, -0.05) is 23.8 Å². The van der Waals surface area contributed by atoms with Crippen LogP contribution in [0, 0.1) is 11.6 Å². The first-order chi connectivity index (χ1) is 10.3. The Bertz CT molecular complexity index is 875. The molecule has 108 valence electrons. The van der Waals surface area contributed by atoms with Gasteiger partial charge in [-0.2, -0.15) is 4.98 Å². The van der Waals surface area contributed by atoms with Crippen molar-refractivity contribution in [1.82, 2.24) is 24.7 Å². The molecular weight excluding hydrogens is 286 g/mol. The summed E-state index contributed by atoms with van der Waals surface area (Å²) in [5, 5.41) is 3.92. The smallest absolute Gasteiger partial charge is 0.261 e. The molecule has 0 radical (unpaired) electrons. The molecule has 0 amide bonds. The molecule has 1 aliphatic heterocycles. The second kappa shape index (κ2) is 4.77. The average Bonchev–Trinajstić information content (AvgIpc) is 2.92. The molecule has 21 heavy (non-hydrogen) atoms. The van der Waals surface area contributed by atoms with Crippen molar-refractivity contribution in [3.8, 4) is 11.5 Å². The molecule has 3 aromatic rings. The predicted octanol–water partition coefficient (Wildman–Crippen LogP) is 3.18. The topological polar surface area (TPSA) is 72.5 Å². The second-order valence-corrected chi connectivity index (χ2v) is 5.75. The number of rotatable bonds is 1. The molecule has 3 aromatic heterocycles. The number of aryl methyl sites for hydroxylation is 2. The van der Waals surface area contributed by atoms with Gasteiger partial charge in [0.25, 0.3) is 5.89 Å². The van der Waals surface area contributed by atoms with Crippen molar-refractivity contribution in [2.45, 2.75) is 39.2 Å². The molecule has 0 bridgehead atoms. The highest BCUT2D eigenvalue weighted by Gasteiger charge is 2.24. The van der Waals surface area contributed by atoms with Crippen molar-refractivity contribution < 1.29 is 4.52 Å². The van der Waals surface area contributed by atoms with Gasteiger partial charge in [-0.25, -0.2) is 4.98 Å². The lowest BCUT2D eigenvalue weighted by atomic mass is 10.1. The van der Waals surface area contributed by atoms with Crippen molar-refractivity contribution in [3.63, 3.8) is 0 Å². The van der Waals surface area contributed by atoms with Crippen molar-refractivity contribution in [2.75, 3.05) is 0 Å². The summed E-state index contributed by atoms with van der Waals surface area (Å²) in [6.07, 6.45) is 6.17. The van der Waals surface area contributed by atoms with Crippen LogP contribution in [-0.2, 0) is 13.0 Å². The maximum atomic E-state index is 5.43. The fourth-order valence-electron chi connectivity index (χ4n) is 3.12. The first-order valence-electron chi connectivity index (χ1n) is 7.15. The highest BCUT2D eigenvalue weighted by atomic mass is 32.1. The van der Waals surface area contributed by atoms with Gasteiger partial charge >= 0.3 is 0 Å². The summed E-state index contributed by atoms with van der Waals surface area (Å²) >= 11 is 5.43. The predicted molar refractivity (Wildman–Crippen MR) is 80.5 cm³/mol. The number of H-pyrrole nitrogens is 1. The Kier molecular flexibility index (Phi) is 2.88. The molecule has 1 N–H and O–H groups in total. The number of nitrogens with one attached hydrogen (secondary N) is 1. The van der Waals surface area contributed by atoms with E-state index in [1.54, 1.807) is 6.33 Å². The van der Waals surface area contributed by atoms with E-state index in [1.165, 1.54) is 12.1 Å². The first-order valence-corrected chi connectivity index (χ1v) is 7.56. The van der Waals surface area contributed by atoms with Crippen molar-refractivity contribution in [2.24, 2.45) is 0 Å². The van der Waals surface area contributed by atoms with Gasteiger partial charge in [-0.3, -0.25) is 0 Å². The second-order valence-electron chi connectivity index (χ2n) is 5.36. The number of aromatic nitrogens is 5. The summed E-state index contributed by atoms with van der Waals surface area (Å²) in [5.74, 6) is 1.20. The van der Waals surface area contributed by atoms with Crippen LogP contribution < -0.4 is 0 Å². The van der Waals surface area contributed by atoms with Gasteiger partial charge in [-0.15, -0.1) is 0 Å². The minimum absolute atomic E-state index is 0.560. The zero-order valence-electron chi connectivity index (χ0n) is 11.7. The fourth-order valence-corrected chi connectivity index (χ4v) is 3.39. The molecular formula is C14H15N5OS. The van der Waals surface area contributed by atoms with Gasteiger partial charge in [0, 0.05) is 12.2 Å². The van der Waals surface area contributed by atoms with Crippen LogP contribution in [-0.4, -0.2) is 24.7 Å². The summed E-state index contributed by atoms with van der Waals surface area (Å²) < 4.78 is 8.32. The van der Waals surface area contributed by atoms with E-state index in [1.807, 2.05) is 6.92 Å². The molecule has 0 saturated heterocycles. The lowest BCUT2D eigenvalue weighted by Gasteiger charge is -2.05. The number of fused-ring (bicyclic) bond motifs is 3. The van der Waals surface area contributed by atoms with E-state index in [-0.39, 0.29) is 0 Å². The standard InChI is InChI=1S/C14H15N5OS/c1-8-17-13(20-18-8)10-9-5-3-2-4-6-19(9)12-11(10)15-7-16-14(12)21/h7H,2-6H2,1H3,(H,15,16,21). The number of hydrogen-bond acceptors (Lipinski definition) is 5. The van der Waals surface area contributed by atoms with Crippen LogP contribution in [0.5, 0.6) is 0 Å². The van der Waals surface area contributed by atoms with E-state index >= 15 is 0 Å². The quantitative estimate of drug-likeness (QED) is 0.699. The molecule has 0 spiro atoms. The zero-order chi connectivity index (χ0) is 14.4. The van der Waals surface area contributed by atoms with Crippen molar-refractivity contribution in [3.05, 3.63) is 22.5 Å². The highest BCUT2D eigenvalue weighted by molar-refractivity contribution is 7.71. The lowest BCUT2D eigenvalue weighted by molar-refractivity contribution is 0.425. The largest absolute Gasteiger partial charge is 0.344 e. The third kappa shape index (κ3) is 1.91. The summed E-state index contributed by atoms with van der Waals surface area (Å²) in [6.45, 7) is 2.79. The molecule has 4 heterocycles. The van der Waals surface area contributed by atoms with E-state index in [2.05, 4.69) is 24.7 Å². The number of aromatic amines is 1. The van der Waals surface area contributed by atoms with Crippen LogP contribution in [0.2, 0.25) is 0 Å². The average molecular weight is 301 g/mol. The Morgan fingerprint density at radius 3 is 3.05 bits per heavy atom. The van der Waals surface area contributed by atoms with E-state index in [0.717, 1.165) is 42.4 Å². The van der Waals surface area contributed by atoms with Crippen LogP contribution in [0.3, 0.4) is 0 Å². The summed E-state index contributed by atoms with van der Waals surface area (Å²) in [7, 11) is 0. The van der Waals surface area contributed by atoms with E-state index in [9.17, 15) is 0 Å². The summed E-state index contributed by atoms with van der Waals surface area (Å²) in [5.41, 5.74) is 4.15. The Hall–Kier alpha value is -2.02. The Morgan fingerprint density at radius 2 is 2.24 bits per heavy atom. The Labute approximate surface area is 126 Å². The Morgan fingerprint density at radius 1 is 1.33 bits per heavy atom. The van der Waals surface area contributed by atoms with Crippen molar-refractivity contribution >= 4 is 23.3 Å². The van der Waals surface area contributed by atoms with Gasteiger partial charge in [0.15, 0.2) is 10.5 Å². The molecule has 0 aromatic carbocycles. The fraction of sp³-hybridized carbons (Fsp3) is 0.429. The molecule has 4 rings (SSSR count). The highest BCUT2D eigenvalue weighted by Crippen LogP contribution is 2.35. The monoisotopic (exact) mass is 301 g/mol. The lowest BCUT2D eigenvalue weighted by Crippen LogP contribution is -2.01. The number of hydrogen-bond donors (Lipinski definition) is 1. The Balaban J connectivity index is 2.12. The van der Waals surface area contributed by atoms with E-state index < -0.39 is 0 Å².